The first-order valence-electron chi connectivity index (χ1n) is 3.34. The van der Waals surface area contributed by atoms with E-state index in [2.05, 4.69) is 0 Å². The number of nitrogens with zero attached hydrogens (tertiary/aromatic N) is 1. The molecule has 1 aliphatic rings. The molecule has 0 bridgehead atoms. The number of carboxylic acid groups (broad SMARTS) is 1. The zero-order chi connectivity index (χ0) is 10.9. The van der Waals surface area contributed by atoms with Crippen LogP contribution in [0.1, 0.15) is 0 Å². The molecular formula is C7H3NO6. The fraction of sp³-hybridized carbons (Fsp3) is 0. The molecule has 0 saturated heterocycles. The maximum atomic E-state index is 10.9. The second-order valence-electron chi connectivity index (χ2n) is 2.35. The molecule has 1 aliphatic carbocycles. The van der Waals surface area contributed by atoms with Gasteiger partial charge in [-0.15, -0.1) is 0 Å². The first-order chi connectivity index (χ1) is 6.45. The second-order valence-corrected chi connectivity index (χ2v) is 2.35. The third-order valence-electron chi connectivity index (χ3n) is 1.50. The first-order valence-corrected chi connectivity index (χ1v) is 3.34. The van der Waals surface area contributed by atoms with Crippen LogP contribution in [-0.2, 0) is 14.4 Å². The molecule has 0 atom stereocenters. The van der Waals surface area contributed by atoms with E-state index in [1.165, 1.54) is 0 Å². The lowest BCUT2D eigenvalue weighted by Crippen LogP contribution is -2.24. The molecular weight excluding hydrogens is 194 g/mol. The van der Waals surface area contributed by atoms with Gasteiger partial charge in [-0.2, -0.15) is 0 Å². The molecule has 0 saturated carbocycles. The van der Waals surface area contributed by atoms with Gasteiger partial charge >= 0.3 is 11.7 Å². The largest absolute Gasteiger partial charge is 0.477 e. The van der Waals surface area contributed by atoms with E-state index in [9.17, 15) is 24.5 Å². The number of allylic oxidation sites excluding steroid dienone is 2. The predicted octanol–water partition coefficient (Wildman–Crippen LogP) is -0.690. The monoisotopic (exact) mass is 197 g/mol. The lowest BCUT2D eigenvalue weighted by Gasteiger charge is -2.02. The van der Waals surface area contributed by atoms with Crippen LogP contribution in [0.5, 0.6) is 0 Å². The summed E-state index contributed by atoms with van der Waals surface area (Å²) in [5.41, 5.74) is -2.28. The predicted molar refractivity (Wildman–Crippen MR) is 40.8 cm³/mol. The molecule has 72 valence electrons. The molecule has 0 aromatic heterocycles. The Kier molecular flexibility index (Phi) is 2.24. The Morgan fingerprint density at radius 3 is 2.14 bits per heavy atom. The second kappa shape index (κ2) is 3.21. The summed E-state index contributed by atoms with van der Waals surface area (Å²) in [5, 5.41) is 18.8. The fourth-order valence-corrected chi connectivity index (χ4v) is 0.941. The Morgan fingerprint density at radius 1 is 1.29 bits per heavy atom. The summed E-state index contributed by atoms with van der Waals surface area (Å²) in [7, 11) is 0. The van der Waals surface area contributed by atoms with Crippen molar-refractivity contribution in [2.24, 2.45) is 0 Å². The molecule has 0 spiro atoms. The van der Waals surface area contributed by atoms with Crippen molar-refractivity contribution in [3.8, 4) is 0 Å². The van der Waals surface area contributed by atoms with Crippen LogP contribution in [0.4, 0.5) is 0 Å². The van der Waals surface area contributed by atoms with Gasteiger partial charge in [0.2, 0.25) is 0 Å². The van der Waals surface area contributed by atoms with E-state index in [4.69, 9.17) is 5.11 Å². The molecule has 1 rings (SSSR count). The van der Waals surface area contributed by atoms with E-state index in [1.54, 1.807) is 0 Å². The van der Waals surface area contributed by atoms with Gasteiger partial charge in [-0.05, 0) is 12.2 Å². The highest BCUT2D eigenvalue weighted by atomic mass is 16.6. The van der Waals surface area contributed by atoms with Crippen molar-refractivity contribution in [3.63, 3.8) is 0 Å². The molecule has 7 heteroatoms. The van der Waals surface area contributed by atoms with Crippen LogP contribution < -0.4 is 0 Å². The van der Waals surface area contributed by atoms with Gasteiger partial charge in [0.1, 0.15) is 0 Å². The molecule has 0 fully saturated rings. The summed E-state index contributed by atoms with van der Waals surface area (Å²) in [5.74, 6) is -3.92. The van der Waals surface area contributed by atoms with Gasteiger partial charge in [0.15, 0.2) is 11.4 Å². The van der Waals surface area contributed by atoms with E-state index < -0.39 is 33.7 Å². The Hall–Kier alpha value is -2.31. The minimum absolute atomic E-state index is 0.674. The first kappa shape index (κ1) is 9.78. The number of hydrogen-bond acceptors (Lipinski definition) is 5. The van der Waals surface area contributed by atoms with E-state index >= 15 is 0 Å². The van der Waals surface area contributed by atoms with Crippen LogP contribution in [0.25, 0.3) is 0 Å². The van der Waals surface area contributed by atoms with Gasteiger partial charge in [-0.1, -0.05) is 0 Å². The summed E-state index contributed by atoms with van der Waals surface area (Å²) >= 11 is 0. The number of ketones is 2. The van der Waals surface area contributed by atoms with Crippen molar-refractivity contribution in [1.82, 2.24) is 0 Å². The van der Waals surface area contributed by atoms with Gasteiger partial charge in [0.05, 0.1) is 4.92 Å². The molecule has 0 unspecified atom stereocenters. The Labute approximate surface area is 76.5 Å². The minimum Gasteiger partial charge on any atom is -0.477 e. The number of carbonyl (C=O) groups is 3. The molecule has 0 aromatic rings. The van der Waals surface area contributed by atoms with E-state index in [0.29, 0.717) is 12.2 Å². The van der Waals surface area contributed by atoms with Crippen molar-refractivity contribution < 1.29 is 24.4 Å². The van der Waals surface area contributed by atoms with Crippen LogP contribution in [0.3, 0.4) is 0 Å². The van der Waals surface area contributed by atoms with Crippen LogP contribution in [0.2, 0.25) is 0 Å². The molecule has 1 N–H and O–H groups in total. The summed E-state index contributed by atoms with van der Waals surface area (Å²) in [6, 6.07) is 0. The number of carboxylic acids is 1. The van der Waals surface area contributed by atoms with Crippen molar-refractivity contribution in [2.45, 2.75) is 0 Å². The average molecular weight is 197 g/mol. The van der Waals surface area contributed by atoms with Crippen LogP contribution in [-0.4, -0.2) is 27.6 Å². The minimum atomic E-state index is -1.78. The quantitative estimate of drug-likeness (QED) is 0.271. The van der Waals surface area contributed by atoms with Gasteiger partial charge in [-0.3, -0.25) is 19.7 Å². The number of aliphatic carboxylic acids is 1. The molecule has 0 aromatic carbocycles. The van der Waals surface area contributed by atoms with Crippen molar-refractivity contribution in [2.75, 3.05) is 0 Å². The molecule has 0 radical (unpaired) electrons. The summed E-state index contributed by atoms with van der Waals surface area (Å²) < 4.78 is 0. The van der Waals surface area contributed by atoms with E-state index in [1.807, 2.05) is 0 Å². The average Bonchev–Trinajstić information content (AvgIpc) is 2.07. The van der Waals surface area contributed by atoms with Crippen molar-refractivity contribution in [1.29, 1.82) is 0 Å². The normalized spacial score (nSPS) is 16.0. The summed E-state index contributed by atoms with van der Waals surface area (Å²) in [6.07, 6.45) is 1.37. The molecule has 0 aliphatic heterocycles. The summed E-state index contributed by atoms with van der Waals surface area (Å²) in [6.45, 7) is 0. The highest BCUT2D eigenvalue weighted by Crippen LogP contribution is 2.14. The third-order valence-corrected chi connectivity index (χ3v) is 1.50. The molecule has 14 heavy (non-hydrogen) atoms. The Balaban J connectivity index is 3.42. The standard InChI is InChI=1S/C7H3NO6/c9-3-1-2-4(10)6(8(13)14)5(3)7(11)12/h1-2H,(H,11,12). The Morgan fingerprint density at radius 2 is 1.79 bits per heavy atom. The van der Waals surface area contributed by atoms with Gasteiger partial charge in [-0.25, -0.2) is 4.79 Å². The zero-order valence-corrected chi connectivity index (χ0v) is 6.59. The van der Waals surface area contributed by atoms with E-state index in [-0.39, 0.29) is 0 Å². The lowest BCUT2D eigenvalue weighted by molar-refractivity contribution is -0.419. The Bertz CT molecular complexity index is 378. The third kappa shape index (κ3) is 1.42. The smallest absolute Gasteiger partial charge is 0.346 e. The van der Waals surface area contributed by atoms with Crippen LogP contribution in [0.15, 0.2) is 23.4 Å². The molecule has 0 amide bonds. The maximum absolute atomic E-state index is 10.9. The van der Waals surface area contributed by atoms with Gasteiger partial charge in [0, 0.05) is 0 Å². The van der Waals surface area contributed by atoms with Crippen LogP contribution in [0, 0.1) is 10.1 Å². The number of rotatable bonds is 2. The SMILES string of the molecule is O=C(O)C1=C([N+](=O)[O-])C(=O)C=CC1=O. The zero-order valence-electron chi connectivity index (χ0n) is 6.59. The number of hydrogen-bond donors (Lipinski definition) is 1. The van der Waals surface area contributed by atoms with Crippen molar-refractivity contribution in [3.05, 3.63) is 33.5 Å². The molecule has 7 nitrogen and oxygen atoms in total. The topological polar surface area (TPSA) is 115 Å². The number of carbonyl (C=O) groups excluding carboxylic acids is 2. The van der Waals surface area contributed by atoms with Gasteiger partial charge in [0.25, 0.3) is 5.78 Å². The number of nitro groups is 1. The van der Waals surface area contributed by atoms with Crippen molar-refractivity contribution >= 4 is 17.5 Å². The van der Waals surface area contributed by atoms with E-state index in [0.717, 1.165) is 0 Å². The highest BCUT2D eigenvalue weighted by Gasteiger charge is 2.36. The highest BCUT2D eigenvalue weighted by molar-refractivity contribution is 6.29. The summed E-state index contributed by atoms with van der Waals surface area (Å²) in [4.78, 5) is 41.4. The fourth-order valence-electron chi connectivity index (χ4n) is 0.941. The maximum Gasteiger partial charge on any atom is 0.346 e. The van der Waals surface area contributed by atoms with Gasteiger partial charge < -0.3 is 5.11 Å². The molecule has 0 heterocycles. The lowest BCUT2D eigenvalue weighted by atomic mass is 10.0. The van der Waals surface area contributed by atoms with Crippen LogP contribution >= 0.6 is 0 Å².